The van der Waals surface area contributed by atoms with Crippen LogP contribution in [0.4, 0.5) is 5.69 Å². The van der Waals surface area contributed by atoms with E-state index in [-0.39, 0.29) is 18.7 Å². The smallest absolute Gasteiger partial charge is 0.340 e. The lowest BCUT2D eigenvalue weighted by molar-refractivity contribution is -0.112. The van der Waals surface area contributed by atoms with Crippen LogP contribution < -0.4 is 10.0 Å². The van der Waals surface area contributed by atoms with Crippen molar-refractivity contribution < 1.29 is 18.9 Å². The summed E-state index contributed by atoms with van der Waals surface area (Å²) in [7, 11) is 0. The first-order valence-electron chi connectivity index (χ1n) is 9.06. The summed E-state index contributed by atoms with van der Waals surface area (Å²) in [6.45, 7) is 5.79. The number of anilines is 1. The van der Waals surface area contributed by atoms with E-state index in [2.05, 4.69) is 31.6 Å². The van der Waals surface area contributed by atoms with Gasteiger partial charge in [0.05, 0.1) is 29.8 Å². The minimum absolute atomic E-state index is 0.105. The molecule has 0 saturated carbocycles. The van der Waals surface area contributed by atoms with E-state index in [4.69, 9.17) is 4.74 Å². The number of carbonyl (C=O) groups excluding carboxylic acids is 2. The van der Waals surface area contributed by atoms with Crippen LogP contribution in [-0.2, 0) is 20.9 Å². The summed E-state index contributed by atoms with van der Waals surface area (Å²) >= 11 is -1.24. The summed E-state index contributed by atoms with van der Waals surface area (Å²) in [5, 5.41) is 3.30. The highest BCUT2D eigenvalue weighted by atomic mass is 32.2. The average molecular weight is 427 g/mol. The second-order valence-corrected chi connectivity index (χ2v) is 7.48. The van der Waals surface area contributed by atoms with Crippen molar-refractivity contribution in [3.8, 4) is 11.3 Å². The second-order valence-electron chi connectivity index (χ2n) is 6.28. The van der Waals surface area contributed by atoms with Gasteiger partial charge in [-0.3, -0.25) is 4.79 Å². The maximum Gasteiger partial charge on any atom is 0.340 e. The summed E-state index contributed by atoms with van der Waals surface area (Å²) in [5.41, 5.74) is 2.82. The number of rotatable bonds is 8. The molecule has 1 amide bonds. The normalized spacial score (nSPS) is 11.8. The molecule has 10 heteroatoms. The zero-order valence-electron chi connectivity index (χ0n) is 16.5. The Morgan fingerprint density at radius 3 is 2.87 bits per heavy atom. The molecule has 156 valence electrons. The molecule has 0 saturated heterocycles. The number of hydrogen-bond acceptors (Lipinski definition) is 7. The van der Waals surface area contributed by atoms with Gasteiger partial charge in [0.1, 0.15) is 18.2 Å². The maximum absolute atomic E-state index is 12.3. The number of fused-ring (bicyclic) bond motifs is 1. The fraction of sp³-hybridized carbons (Fsp3) is 0.200. The van der Waals surface area contributed by atoms with Crippen molar-refractivity contribution in [2.45, 2.75) is 6.92 Å². The molecule has 3 rings (SSSR count). The molecule has 3 N–H and O–H groups in total. The summed E-state index contributed by atoms with van der Waals surface area (Å²) in [4.78, 5) is 36.1. The summed E-state index contributed by atoms with van der Waals surface area (Å²) in [5.74, 6) is -0.867. The molecule has 0 fully saturated rings. The quantitative estimate of drug-likeness (QED) is 0.285. The van der Waals surface area contributed by atoms with Crippen LogP contribution in [0, 0.1) is 0 Å². The number of nitrogens with zero attached hydrogens (tertiary/aromatic N) is 2. The highest BCUT2D eigenvalue weighted by Crippen LogP contribution is 2.30. The lowest BCUT2D eigenvalue weighted by Gasteiger charge is -2.11. The van der Waals surface area contributed by atoms with Crippen molar-refractivity contribution in [1.29, 1.82) is 0 Å². The van der Waals surface area contributed by atoms with E-state index in [0.29, 0.717) is 33.5 Å². The largest absolute Gasteiger partial charge is 0.598 e. The Morgan fingerprint density at radius 2 is 2.13 bits per heavy atom. The van der Waals surface area contributed by atoms with E-state index in [1.165, 1.54) is 12.6 Å². The van der Waals surface area contributed by atoms with Crippen molar-refractivity contribution in [2.75, 3.05) is 24.7 Å². The van der Waals surface area contributed by atoms with Crippen molar-refractivity contribution in [3.63, 3.8) is 0 Å². The third-order valence-electron chi connectivity index (χ3n) is 4.17. The lowest BCUT2D eigenvalue weighted by atomic mass is 10.1. The number of nitrogens with one attached hydrogen (secondary N) is 3. The van der Waals surface area contributed by atoms with Crippen molar-refractivity contribution >= 4 is 40.0 Å². The second kappa shape index (κ2) is 9.53. The molecule has 2 aromatic heterocycles. The van der Waals surface area contributed by atoms with Crippen LogP contribution in [0.5, 0.6) is 0 Å². The fourth-order valence-electron chi connectivity index (χ4n) is 2.78. The van der Waals surface area contributed by atoms with Crippen LogP contribution in [0.1, 0.15) is 17.3 Å². The number of carbonyl (C=O) groups is 2. The van der Waals surface area contributed by atoms with Crippen molar-refractivity contribution in [3.05, 3.63) is 54.5 Å². The Kier molecular flexibility index (Phi) is 6.83. The number of ether oxygens (including phenoxy) is 1. The summed E-state index contributed by atoms with van der Waals surface area (Å²) in [6, 6.07) is 7.04. The number of hydrogen-bond donors (Lipinski definition) is 3. The van der Waals surface area contributed by atoms with Gasteiger partial charge in [0.2, 0.25) is 0 Å². The Balaban J connectivity index is 1.90. The number of H-pyrrole nitrogens is 1. The van der Waals surface area contributed by atoms with Gasteiger partial charge in [0.25, 0.3) is 5.91 Å². The lowest BCUT2D eigenvalue weighted by Crippen LogP contribution is -2.28. The monoisotopic (exact) mass is 427 g/mol. The minimum atomic E-state index is -1.24. The Morgan fingerprint density at radius 1 is 1.33 bits per heavy atom. The fourth-order valence-corrected chi connectivity index (χ4v) is 3.16. The third kappa shape index (κ3) is 4.85. The zero-order valence-corrected chi connectivity index (χ0v) is 17.3. The standard InChI is InChI=1S/C20H21N5O4S/c1-4-29-20(27)15-10-21-18-16(15)17(22-11-23-18)13-6-5-7-14(8-13)25-19(26)12(2)9-24-30(3)28/h5-8,10-11,24H,2,4,9H2,1,3H3,(H,25,26)(H,21,22,23). The van der Waals surface area contributed by atoms with Crippen LogP contribution in [-0.4, -0.2) is 50.8 Å². The number of aromatic amines is 1. The molecule has 0 aliphatic heterocycles. The molecule has 1 unspecified atom stereocenters. The predicted molar refractivity (Wildman–Crippen MR) is 115 cm³/mol. The van der Waals surface area contributed by atoms with Crippen LogP contribution in [0.15, 0.2) is 48.9 Å². The summed E-state index contributed by atoms with van der Waals surface area (Å²) in [6.07, 6.45) is 4.41. The van der Waals surface area contributed by atoms with E-state index < -0.39 is 23.2 Å². The van der Waals surface area contributed by atoms with Gasteiger partial charge < -0.3 is 19.6 Å². The predicted octanol–water partition coefficient (Wildman–Crippen LogP) is 2.18. The summed E-state index contributed by atoms with van der Waals surface area (Å²) < 4.78 is 18.9. The highest BCUT2D eigenvalue weighted by Gasteiger charge is 2.19. The van der Waals surface area contributed by atoms with Gasteiger partial charge in [-0.25, -0.2) is 14.8 Å². The number of esters is 1. The van der Waals surface area contributed by atoms with E-state index in [1.807, 2.05) is 6.07 Å². The molecule has 0 radical (unpaired) electrons. The Bertz CT molecular complexity index is 1100. The molecular weight excluding hydrogens is 406 g/mol. The molecule has 2 heterocycles. The SMILES string of the molecule is C=C(CN[S+](C)[O-])C(=O)Nc1cccc(-c2ncnc3[nH]cc(C(=O)OCC)c23)c1. The van der Waals surface area contributed by atoms with E-state index in [0.717, 1.165) is 0 Å². The molecule has 1 atom stereocenters. The van der Waals surface area contributed by atoms with Gasteiger partial charge in [0, 0.05) is 34.4 Å². The molecule has 3 aromatic rings. The van der Waals surface area contributed by atoms with Gasteiger partial charge in [-0.2, -0.15) is 0 Å². The molecule has 0 bridgehead atoms. The number of amides is 1. The third-order valence-corrected chi connectivity index (χ3v) is 4.72. The molecule has 1 aromatic carbocycles. The van der Waals surface area contributed by atoms with Crippen molar-refractivity contribution in [2.24, 2.45) is 0 Å². The van der Waals surface area contributed by atoms with Crippen LogP contribution in [0.2, 0.25) is 0 Å². The van der Waals surface area contributed by atoms with Gasteiger partial charge in [0.15, 0.2) is 0 Å². The molecule has 9 nitrogen and oxygen atoms in total. The van der Waals surface area contributed by atoms with Crippen LogP contribution in [0.3, 0.4) is 0 Å². The first kappa shape index (κ1) is 21.5. The highest BCUT2D eigenvalue weighted by molar-refractivity contribution is 7.88. The van der Waals surface area contributed by atoms with Crippen LogP contribution in [0.25, 0.3) is 22.3 Å². The molecule has 0 aliphatic rings. The first-order chi connectivity index (χ1) is 14.4. The Hall–Kier alpha value is -3.21. The molecule has 30 heavy (non-hydrogen) atoms. The maximum atomic E-state index is 12.3. The average Bonchev–Trinajstić information content (AvgIpc) is 3.16. The molecule has 0 aliphatic carbocycles. The molecule has 0 spiro atoms. The van der Waals surface area contributed by atoms with E-state index in [9.17, 15) is 14.1 Å². The topological polar surface area (TPSA) is 132 Å². The minimum Gasteiger partial charge on any atom is -0.598 e. The van der Waals surface area contributed by atoms with Crippen molar-refractivity contribution in [1.82, 2.24) is 19.7 Å². The van der Waals surface area contributed by atoms with Gasteiger partial charge in [-0.05, 0) is 19.1 Å². The van der Waals surface area contributed by atoms with Gasteiger partial charge in [-0.1, -0.05) is 18.7 Å². The molecular formula is C20H21N5O4S. The van der Waals surface area contributed by atoms with Gasteiger partial charge in [-0.15, -0.1) is 4.72 Å². The van der Waals surface area contributed by atoms with Gasteiger partial charge >= 0.3 is 5.97 Å². The zero-order chi connectivity index (χ0) is 21.7. The number of aromatic nitrogens is 3. The number of benzene rings is 1. The van der Waals surface area contributed by atoms with Crippen LogP contribution >= 0.6 is 0 Å². The van der Waals surface area contributed by atoms with E-state index in [1.54, 1.807) is 31.3 Å². The Labute approximate surface area is 176 Å². The van der Waals surface area contributed by atoms with E-state index >= 15 is 0 Å². The first-order valence-corrected chi connectivity index (χ1v) is 10.6.